The molecule has 0 radical (unpaired) electrons. The van der Waals surface area contributed by atoms with Gasteiger partial charge in [0.1, 0.15) is 0 Å². The third-order valence-electron chi connectivity index (χ3n) is 2.89. The third kappa shape index (κ3) is 1.23. The summed E-state index contributed by atoms with van der Waals surface area (Å²) in [6.45, 7) is 4.28. The molecule has 0 spiro atoms. The SMILES string of the molecule is Cc1ccc2c(c1)C(C#N)CC2C. The van der Waals surface area contributed by atoms with Crippen LogP contribution in [0, 0.1) is 18.3 Å². The van der Waals surface area contributed by atoms with E-state index in [1.54, 1.807) is 0 Å². The van der Waals surface area contributed by atoms with Crippen molar-refractivity contribution in [3.63, 3.8) is 0 Å². The van der Waals surface area contributed by atoms with Crippen molar-refractivity contribution in [2.24, 2.45) is 0 Å². The molecule has 2 atom stereocenters. The van der Waals surface area contributed by atoms with E-state index < -0.39 is 0 Å². The smallest absolute Gasteiger partial charge is 0.0721 e. The van der Waals surface area contributed by atoms with Gasteiger partial charge in [0, 0.05) is 0 Å². The molecule has 0 heterocycles. The van der Waals surface area contributed by atoms with Crippen LogP contribution in [0.15, 0.2) is 18.2 Å². The molecule has 1 aromatic rings. The van der Waals surface area contributed by atoms with Crippen molar-refractivity contribution in [3.8, 4) is 6.07 Å². The van der Waals surface area contributed by atoms with Crippen LogP contribution < -0.4 is 0 Å². The Morgan fingerprint density at radius 2 is 2.15 bits per heavy atom. The molecule has 0 saturated carbocycles. The van der Waals surface area contributed by atoms with Crippen molar-refractivity contribution >= 4 is 0 Å². The largest absolute Gasteiger partial charge is 0.198 e. The summed E-state index contributed by atoms with van der Waals surface area (Å²) in [5.74, 6) is 0.685. The van der Waals surface area contributed by atoms with E-state index in [0.717, 1.165) is 6.42 Å². The highest BCUT2D eigenvalue weighted by Gasteiger charge is 2.27. The Labute approximate surface area is 79.0 Å². The van der Waals surface area contributed by atoms with Gasteiger partial charge in [-0.15, -0.1) is 0 Å². The number of hydrogen-bond acceptors (Lipinski definition) is 1. The number of fused-ring (bicyclic) bond motifs is 1. The Morgan fingerprint density at radius 3 is 2.85 bits per heavy atom. The highest BCUT2D eigenvalue weighted by molar-refractivity contribution is 5.43. The number of aryl methyl sites for hydroxylation is 1. The molecule has 0 saturated heterocycles. The number of nitriles is 1. The molecule has 1 aliphatic rings. The van der Waals surface area contributed by atoms with Gasteiger partial charge in [-0.3, -0.25) is 0 Å². The second kappa shape index (κ2) is 2.88. The molecule has 1 aromatic carbocycles. The molecule has 0 amide bonds. The van der Waals surface area contributed by atoms with Crippen molar-refractivity contribution in [3.05, 3.63) is 34.9 Å². The fourth-order valence-electron chi connectivity index (χ4n) is 2.17. The van der Waals surface area contributed by atoms with Crippen molar-refractivity contribution < 1.29 is 0 Å². The van der Waals surface area contributed by atoms with Gasteiger partial charge in [-0.1, -0.05) is 30.7 Å². The molecule has 0 fully saturated rings. The number of nitrogens with zero attached hydrogens (tertiary/aromatic N) is 1. The van der Waals surface area contributed by atoms with E-state index in [1.165, 1.54) is 16.7 Å². The molecule has 1 nitrogen and oxygen atoms in total. The molecule has 1 heteroatoms. The second-order valence-electron chi connectivity index (χ2n) is 3.95. The zero-order valence-corrected chi connectivity index (χ0v) is 8.04. The summed E-state index contributed by atoms with van der Waals surface area (Å²) < 4.78 is 0. The van der Waals surface area contributed by atoms with E-state index in [4.69, 9.17) is 5.26 Å². The molecule has 0 bridgehead atoms. The van der Waals surface area contributed by atoms with Crippen LogP contribution >= 0.6 is 0 Å². The van der Waals surface area contributed by atoms with E-state index in [2.05, 4.69) is 38.1 Å². The van der Waals surface area contributed by atoms with Crippen LogP contribution in [0.5, 0.6) is 0 Å². The summed E-state index contributed by atoms with van der Waals surface area (Å²) in [5, 5.41) is 8.97. The second-order valence-corrected chi connectivity index (χ2v) is 3.95. The maximum absolute atomic E-state index is 8.97. The maximum atomic E-state index is 8.97. The standard InChI is InChI=1S/C12H13N/c1-8-3-4-11-9(2)6-10(7-13)12(11)5-8/h3-5,9-10H,6H2,1-2H3. The van der Waals surface area contributed by atoms with Crippen LogP contribution in [0.1, 0.15) is 41.9 Å². The van der Waals surface area contributed by atoms with Crippen LogP contribution in [0.2, 0.25) is 0 Å². The zero-order chi connectivity index (χ0) is 9.42. The summed E-state index contributed by atoms with van der Waals surface area (Å²) in [4.78, 5) is 0. The van der Waals surface area contributed by atoms with Crippen molar-refractivity contribution in [2.45, 2.75) is 32.1 Å². The van der Waals surface area contributed by atoms with E-state index in [0.29, 0.717) is 5.92 Å². The molecule has 2 rings (SSSR count). The fourth-order valence-corrected chi connectivity index (χ4v) is 2.17. The highest BCUT2D eigenvalue weighted by Crippen LogP contribution is 2.41. The van der Waals surface area contributed by atoms with Crippen molar-refractivity contribution in [1.29, 1.82) is 5.26 Å². The average molecular weight is 171 g/mol. The minimum atomic E-state index is 0.130. The van der Waals surface area contributed by atoms with Crippen LogP contribution in [-0.2, 0) is 0 Å². The van der Waals surface area contributed by atoms with Gasteiger partial charge >= 0.3 is 0 Å². The monoisotopic (exact) mass is 171 g/mol. The lowest BCUT2D eigenvalue weighted by molar-refractivity contribution is 0.706. The fraction of sp³-hybridized carbons (Fsp3) is 0.417. The van der Waals surface area contributed by atoms with E-state index in [1.807, 2.05) is 0 Å². The van der Waals surface area contributed by atoms with Crippen LogP contribution in [0.3, 0.4) is 0 Å². The van der Waals surface area contributed by atoms with Gasteiger partial charge in [-0.05, 0) is 30.4 Å². The molecule has 0 aliphatic heterocycles. The van der Waals surface area contributed by atoms with Gasteiger partial charge in [-0.25, -0.2) is 0 Å². The van der Waals surface area contributed by atoms with Crippen LogP contribution in [0.25, 0.3) is 0 Å². The first-order valence-electron chi connectivity index (χ1n) is 4.72. The molecule has 2 unspecified atom stereocenters. The Morgan fingerprint density at radius 1 is 1.38 bits per heavy atom. The van der Waals surface area contributed by atoms with Gasteiger partial charge < -0.3 is 0 Å². The van der Waals surface area contributed by atoms with Crippen LogP contribution in [0.4, 0.5) is 0 Å². The Balaban J connectivity index is 2.54. The van der Waals surface area contributed by atoms with Gasteiger partial charge in [0.05, 0.1) is 12.0 Å². The minimum absolute atomic E-state index is 0.130. The van der Waals surface area contributed by atoms with Gasteiger partial charge in [-0.2, -0.15) is 5.26 Å². The maximum Gasteiger partial charge on any atom is 0.0721 e. The molecule has 0 N–H and O–H groups in total. The Hall–Kier alpha value is -1.29. The first-order chi connectivity index (χ1) is 6.22. The van der Waals surface area contributed by atoms with E-state index >= 15 is 0 Å². The third-order valence-corrected chi connectivity index (χ3v) is 2.89. The lowest BCUT2D eigenvalue weighted by Crippen LogP contribution is -1.88. The summed E-state index contributed by atoms with van der Waals surface area (Å²) in [7, 11) is 0. The summed E-state index contributed by atoms with van der Waals surface area (Å²) in [5.41, 5.74) is 3.89. The minimum Gasteiger partial charge on any atom is -0.198 e. The molecular weight excluding hydrogens is 158 g/mol. The lowest BCUT2D eigenvalue weighted by atomic mass is 10.0. The zero-order valence-electron chi connectivity index (χ0n) is 8.04. The molecular formula is C12H13N. The van der Waals surface area contributed by atoms with Gasteiger partial charge in [0.25, 0.3) is 0 Å². The topological polar surface area (TPSA) is 23.8 Å². The quantitative estimate of drug-likeness (QED) is 0.588. The highest BCUT2D eigenvalue weighted by atomic mass is 14.4. The molecule has 13 heavy (non-hydrogen) atoms. The number of hydrogen-bond donors (Lipinski definition) is 0. The first-order valence-corrected chi connectivity index (χ1v) is 4.72. The average Bonchev–Trinajstić information content (AvgIpc) is 2.42. The van der Waals surface area contributed by atoms with Crippen molar-refractivity contribution in [1.82, 2.24) is 0 Å². The normalized spacial score (nSPS) is 25.3. The lowest BCUT2D eigenvalue weighted by Gasteiger charge is -2.04. The van der Waals surface area contributed by atoms with Gasteiger partial charge in [0.15, 0.2) is 0 Å². The van der Waals surface area contributed by atoms with Crippen LogP contribution in [-0.4, -0.2) is 0 Å². The molecule has 66 valence electrons. The van der Waals surface area contributed by atoms with E-state index in [9.17, 15) is 0 Å². The number of benzene rings is 1. The molecule has 1 aliphatic carbocycles. The summed E-state index contributed by atoms with van der Waals surface area (Å²) in [6, 6.07) is 8.84. The van der Waals surface area contributed by atoms with Crippen molar-refractivity contribution in [2.75, 3.05) is 0 Å². The van der Waals surface area contributed by atoms with Gasteiger partial charge in [0.2, 0.25) is 0 Å². The summed E-state index contributed by atoms with van der Waals surface area (Å²) in [6.07, 6.45) is 0.995. The van der Waals surface area contributed by atoms with E-state index in [-0.39, 0.29) is 5.92 Å². The predicted octanol–water partition coefficient (Wildman–Crippen LogP) is 3.11. The first kappa shape index (κ1) is 8.31. The Bertz CT molecular complexity index is 373. The summed E-state index contributed by atoms with van der Waals surface area (Å²) >= 11 is 0. The molecule has 0 aromatic heterocycles. The predicted molar refractivity (Wildman–Crippen MR) is 52.6 cm³/mol. The number of rotatable bonds is 0. The Kier molecular flexibility index (Phi) is 1.84.